The van der Waals surface area contributed by atoms with Crippen LogP contribution in [0.4, 0.5) is 0 Å². The molecule has 2 aromatic rings. The highest BCUT2D eigenvalue weighted by atomic mass is 16.5. The van der Waals surface area contributed by atoms with E-state index in [4.69, 9.17) is 9.84 Å². The quantitative estimate of drug-likeness (QED) is 0.443. The van der Waals surface area contributed by atoms with Crippen LogP contribution in [0.25, 0.3) is 0 Å². The highest BCUT2D eigenvalue weighted by molar-refractivity contribution is 5.75. The first-order valence-corrected chi connectivity index (χ1v) is 9.65. The van der Waals surface area contributed by atoms with Crippen LogP contribution in [0.2, 0.25) is 0 Å². The minimum atomic E-state index is -0.850. The van der Waals surface area contributed by atoms with Gasteiger partial charge in [0.05, 0.1) is 26.4 Å². The van der Waals surface area contributed by atoms with Crippen LogP contribution in [-0.4, -0.2) is 39.1 Å². The molecule has 0 aliphatic carbocycles. The lowest BCUT2D eigenvalue weighted by Gasteiger charge is -2.07. The van der Waals surface area contributed by atoms with Crippen molar-refractivity contribution in [3.8, 4) is 0 Å². The molecule has 0 amide bonds. The lowest BCUT2D eigenvalue weighted by atomic mass is 10.0. The number of aliphatic hydroxyl groups is 1. The fourth-order valence-corrected chi connectivity index (χ4v) is 2.20. The Kier molecular flexibility index (Phi) is 13.7. The fraction of sp³-hybridized carbons (Fsp3) is 0.500. The van der Waals surface area contributed by atoms with Crippen LogP contribution in [0.3, 0.4) is 0 Å². The van der Waals surface area contributed by atoms with Gasteiger partial charge in [0.25, 0.3) is 0 Å². The van der Waals surface area contributed by atoms with Gasteiger partial charge >= 0.3 is 17.1 Å². The number of rotatable bonds is 8. The van der Waals surface area contributed by atoms with Gasteiger partial charge in [0.2, 0.25) is 0 Å². The van der Waals surface area contributed by atoms with Crippen molar-refractivity contribution in [1.82, 2.24) is 14.5 Å². The van der Waals surface area contributed by atoms with Crippen molar-refractivity contribution in [1.29, 1.82) is 0 Å². The zero-order chi connectivity index (χ0) is 22.2. The first-order valence-electron chi connectivity index (χ1n) is 9.65. The highest BCUT2D eigenvalue weighted by Gasteiger charge is 2.03. The monoisotopic (exact) mass is 409 g/mol. The summed E-state index contributed by atoms with van der Waals surface area (Å²) in [6.45, 7) is 8.51. The Labute approximate surface area is 169 Å². The number of nitrogens with one attached hydrogen (secondary N) is 2. The summed E-state index contributed by atoms with van der Waals surface area (Å²) in [4.78, 5) is 48.6. The first-order chi connectivity index (χ1) is 13.9. The van der Waals surface area contributed by atoms with Crippen LogP contribution in [0.15, 0.2) is 32.6 Å². The van der Waals surface area contributed by atoms with Gasteiger partial charge in [0.1, 0.15) is 6.29 Å². The van der Waals surface area contributed by atoms with Crippen molar-refractivity contribution < 1.29 is 14.6 Å². The molecule has 1 aromatic heterocycles. The third-order valence-electron chi connectivity index (χ3n) is 3.32. The maximum absolute atomic E-state index is 11.5. The van der Waals surface area contributed by atoms with Gasteiger partial charge in [-0.15, -0.1) is 0 Å². The minimum absolute atomic E-state index is 0.00120. The summed E-state index contributed by atoms with van der Waals surface area (Å²) in [5.74, 6) is 0. The molecule has 162 valence electrons. The number of H-pyrrole nitrogens is 2. The second-order valence-electron chi connectivity index (χ2n) is 5.77. The molecule has 0 aliphatic heterocycles. The van der Waals surface area contributed by atoms with E-state index >= 15 is 0 Å². The van der Waals surface area contributed by atoms with E-state index in [1.807, 2.05) is 23.8 Å². The number of benzene rings is 1. The van der Waals surface area contributed by atoms with Crippen molar-refractivity contribution in [2.24, 2.45) is 0 Å². The fourth-order valence-electron chi connectivity index (χ4n) is 2.20. The van der Waals surface area contributed by atoms with E-state index in [2.05, 4.69) is 13.8 Å². The Bertz CT molecular complexity index is 864. The number of hydrogen-bond acceptors (Lipinski definition) is 6. The molecule has 2 rings (SSSR count). The van der Waals surface area contributed by atoms with Gasteiger partial charge < -0.3 is 9.84 Å². The van der Waals surface area contributed by atoms with E-state index in [1.54, 1.807) is 18.2 Å². The number of aromatic nitrogens is 3. The van der Waals surface area contributed by atoms with E-state index < -0.39 is 17.1 Å². The molecule has 1 aromatic carbocycles. The molecule has 0 atom stereocenters. The number of carbonyl (C=O) groups is 1. The Hall–Kier alpha value is -2.78. The summed E-state index contributed by atoms with van der Waals surface area (Å²) in [5.41, 5.74) is -0.485. The van der Waals surface area contributed by atoms with Crippen molar-refractivity contribution in [2.45, 2.75) is 53.7 Å². The summed E-state index contributed by atoms with van der Waals surface area (Å²) >= 11 is 0. The number of aldehydes is 1. The number of nitrogens with zero attached hydrogens (tertiary/aromatic N) is 1. The van der Waals surface area contributed by atoms with E-state index in [0.717, 1.165) is 10.1 Å². The zero-order valence-electron chi connectivity index (χ0n) is 17.5. The van der Waals surface area contributed by atoms with Gasteiger partial charge in [-0.3, -0.25) is 14.8 Å². The van der Waals surface area contributed by atoms with E-state index in [0.29, 0.717) is 30.4 Å². The molecule has 29 heavy (non-hydrogen) atoms. The second kappa shape index (κ2) is 15.2. The molecule has 9 heteroatoms. The van der Waals surface area contributed by atoms with Crippen LogP contribution in [0, 0.1) is 0 Å². The van der Waals surface area contributed by atoms with Gasteiger partial charge in [-0.05, 0) is 29.7 Å². The molecule has 1 heterocycles. The number of aliphatic hydroxyl groups excluding tert-OH is 1. The molecule has 9 nitrogen and oxygen atoms in total. The Morgan fingerprint density at radius 2 is 1.55 bits per heavy atom. The zero-order valence-corrected chi connectivity index (χ0v) is 17.5. The predicted octanol–water partition coefficient (Wildman–Crippen LogP) is 1.23. The first kappa shape index (κ1) is 26.2. The lowest BCUT2D eigenvalue weighted by Crippen LogP contribution is -2.43. The largest absolute Gasteiger partial charge is 0.392 e. The lowest BCUT2D eigenvalue weighted by molar-refractivity contribution is 0.112. The third kappa shape index (κ3) is 9.82. The number of carbonyl (C=O) groups excluding carboxylic acids is 1. The molecule has 0 fully saturated rings. The summed E-state index contributed by atoms with van der Waals surface area (Å²) in [7, 11) is 0. The van der Waals surface area contributed by atoms with Gasteiger partial charge in [0.15, 0.2) is 0 Å². The van der Waals surface area contributed by atoms with E-state index in [9.17, 15) is 19.2 Å². The molecule has 0 aliphatic rings. The molecule has 0 bridgehead atoms. The molecule has 0 radical (unpaired) electrons. The Morgan fingerprint density at radius 1 is 1.00 bits per heavy atom. The average molecular weight is 409 g/mol. The van der Waals surface area contributed by atoms with Gasteiger partial charge in [-0.1, -0.05) is 40.2 Å². The van der Waals surface area contributed by atoms with Gasteiger partial charge in [-0.25, -0.2) is 19.0 Å². The molecule has 0 saturated heterocycles. The molecular formula is C20H31N3O6. The number of hydrogen-bond donors (Lipinski definition) is 3. The SMILES string of the molecule is CC.CCC.O=Cc1cc(CO)cc(CCOCCn2c(=O)[nH]c(=O)[nH]c2=O)c1. The van der Waals surface area contributed by atoms with Crippen molar-refractivity contribution in [3.63, 3.8) is 0 Å². The predicted molar refractivity (Wildman–Crippen MR) is 112 cm³/mol. The van der Waals surface area contributed by atoms with Crippen LogP contribution in [0.1, 0.15) is 55.6 Å². The molecule has 0 unspecified atom stereocenters. The maximum Gasteiger partial charge on any atom is 0.333 e. The molecular weight excluding hydrogens is 378 g/mol. The normalized spacial score (nSPS) is 9.69. The average Bonchev–Trinajstić information content (AvgIpc) is 2.71. The topological polar surface area (TPSA) is 134 Å². The molecule has 0 saturated carbocycles. The van der Waals surface area contributed by atoms with Crippen LogP contribution in [0.5, 0.6) is 0 Å². The van der Waals surface area contributed by atoms with Gasteiger partial charge in [-0.2, -0.15) is 0 Å². The van der Waals surface area contributed by atoms with Crippen LogP contribution < -0.4 is 17.1 Å². The standard InChI is InChI=1S/C15H17N3O6.C3H8.C2H6/c19-8-11-5-10(6-12(7-11)9-20)1-3-24-4-2-18-14(22)16-13(21)17-15(18)23;1-3-2;1-2/h5-8,20H,1-4,9H2,(H2,16,17,21,22,23);3H2,1-2H3;1-2H3. The second-order valence-corrected chi connectivity index (χ2v) is 5.77. The number of ether oxygens (including phenoxy) is 1. The van der Waals surface area contributed by atoms with E-state index in [1.165, 1.54) is 6.42 Å². The van der Waals surface area contributed by atoms with Crippen molar-refractivity contribution >= 4 is 6.29 Å². The van der Waals surface area contributed by atoms with Crippen molar-refractivity contribution in [3.05, 3.63) is 66.3 Å². The summed E-state index contributed by atoms with van der Waals surface area (Å²) in [6, 6.07) is 5.08. The van der Waals surface area contributed by atoms with E-state index in [-0.39, 0.29) is 19.8 Å². The Balaban J connectivity index is 0.00000143. The molecule has 0 spiro atoms. The molecule has 3 N–H and O–H groups in total. The Morgan fingerprint density at radius 3 is 2.07 bits per heavy atom. The van der Waals surface area contributed by atoms with Crippen molar-refractivity contribution in [2.75, 3.05) is 13.2 Å². The maximum atomic E-state index is 11.5. The van der Waals surface area contributed by atoms with Crippen LogP contribution >= 0.6 is 0 Å². The summed E-state index contributed by atoms with van der Waals surface area (Å²) < 4.78 is 6.21. The third-order valence-corrected chi connectivity index (χ3v) is 3.32. The van der Waals surface area contributed by atoms with Crippen LogP contribution in [-0.2, 0) is 24.3 Å². The minimum Gasteiger partial charge on any atom is -0.392 e. The summed E-state index contributed by atoms with van der Waals surface area (Å²) in [5, 5.41) is 9.15. The summed E-state index contributed by atoms with van der Waals surface area (Å²) in [6.07, 6.45) is 2.46. The van der Waals surface area contributed by atoms with Gasteiger partial charge in [0, 0.05) is 5.56 Å². The highest BCUT2D eigenvalue weighted by Crippen LogP contribution is 2.10. The number of aromatic amines is 2. The smallest absolute Gasteiger partial charge is 0.333 e.